The van der Waals surface area contributed by atoms with Gasteiger partial charge in [-0.25, -0.2) is 0 Å². The summed E-state index contributed by atoms with van der Waals surface area (Å²) in [6.45, 7) is 7.56. The quantitative estimate of drug-likeness (QED) is 0.499. The van der Waals surface area contributed by atoms with E-state index < -0.39 is 0 Å². The topological polar surface area (TPSA) is 18.5 Å². The van der Waals surface area contributed by atoms with Gasteiger partial charge in [0.05, 0.1) is 0 Å². The predicted octanol–water partition coefficient (Wildman–Crippen LogP) is 3.13. The Morgan fingerprint density at radius 2 is 1.86 bits per heavy atom. The van der Waals surface area contributed by atoms with Gasteiger partial charge in [0.15, 0.2) is 5.79 Å². The highest BCUT2D eigenvalue weighted by molar-refractivity contribution is 4.94. The minimum atomic E-state index is -0.381. The van der Waals surface area contributed by atoms with E-state index in [-0.39, 0.29) is 5.79 Å². The van der Waals surface area contributed by atoms with Crippen LogP contribution in [-0.2, 0) is 9.47 Å². The van der Waals surface area contributed by atoms with E-state index in [0.29, 0.717) is 5.92 Å². The van der Waals surface area contributed by atoms with Crippen molar-refractivity contribution < 1.29 is 9.47 Å². The van der Waals surface area contributed by atoms with E-state index in [9.17, 15) is 0 Å². The van der Waals surface area contributed by atoms with E-state index in [4.69, 9.17) is 9.47 Å². The van der Waals surface area contributed by atoms with Gasteiger partial charge in [0.2, 0.25) is 0 Å². The Morgan fingerprint density at radius 3 is 2.29 bits per heavy atom. The standard InChI is InChI=1S/C12H22O2/c1-4-13-12(3,14-5-2)11-9-7-6-8-10-11/h6-7,11H,4-5,8-10H2,1-3H3. The molecular formula is C12H22O2. The van der Waals surface area contributed by atoms with Crippen LogP contribution in [0.1, 0.15) is 40.0 Å². The van der Waals surface area contributed by atoms with Crippen LogP contribution in [0.2, 0.25) is 0 Å². The minimum absolute atomic E-state index is 0.381. The van der Waals surface area contributed by atoms with Gasteiger partial charge < -0.3 is 9.47 Å². The smallest absolute Gasteiger partial charge is 0.168 e. The first kappa shape index (κ1) is 11.7. The van der Waals surface area contributed by atoms with Crippen molar-refractivity contribution in [3.63, 3.8) is 0 Å². The average molecular weight is 198 g/mol. The molecule has 2 nitrogen and oxygen atoms in total. The second-order valence-electron chi connectivity index (χ2n) is 3.86. The van der Waals surface area contributed by atoms with Crippen molar-refractivity contribution in [2.45, 2.75) is 45.8 Å². The van der Waals surface area contributed by atoms with Gasteiger partial charge in [0, 0.05) is 19.1 Å². The van der Waals surface area contributed by atoms with Crippen molar-refractivity contribution in [3.8, 4) is 0 Å². The molecule has 0 radical (unpaired) electrons. The van der Waals surface area contributed by atoms with Crippen LogP contribution in [0.15, 0.2) is 12.2 Å². The molecule has 1 unspecified atom stereocenters. The van der Waals surface area contributed by atoms with Crippen molar-refractivity contribution in [2.75, 3.05) is 13.2 Å². The monoisotopic (exact) mass is 198 g/mol. The van der Waals surface area contributed by atoms with Crippen molar-refractivity contribution in [1.29, 1.82) is 0 Å². The van der Waals surface area contributed by atoms with Gasteiger partial charge in [-0.15, -0.1) is 0 Å². The molecule has 0 aromatic heterocycles. The van der Waals surface area contributed by atoms with E-state index in [0.717, 1.165) is 26.1 Å². The maximum absolute atomic E-state index is 5.75. The highest BCUT2D eigenvalue weighted by atomic mass is 16.7. The van der Waals surface area contributed by atoms with E-state index in [2.05, 4.69) is 19.1 Å². The Morgan fingerprint density at radius 1 is 1.21 bits per heavy atom. The van der Waals surface area contributed by atoms with Crippen molar-refractivity contribution >= 4 is 0 Å². The zero-order valence-corrected chi connectivity index (χ0v) is 9.58. The number of allylic oxidation sites excluding steroid dienone is 2. The maximum atomic E-state index is 5.75. The van der Waals surface area contributed by atoms with Crippen LogP contribution < -0.4 is 0 Å². The highest BCUT2D eigenvalue weighted by Gasteiger charge is 2.35. The van der Waals surface area contributed by atoms with Crippen LogP contribution in [0, 0.1) is 5.92 Å². The second-order valence-corrected chi connectivity index (χ2v) is 3.86. The molecule has 0 heterocycles. The average Bonchev–Trinajstić information content (AvgIpc) is 2.20. The van der Waals surface area contributed by atoms with E-state index >= 15 is 0 Å². The van der Waals surface area contributed by atoms with Gasteiger partial charge in [-0.05, 0) is 40.0 Å². The molecule has 2 heteroatoms. The normalized spacial score (nSPS) is 22.6. The van der Waals surface area contributed by atoms with Gasteiger partial charge in [-0.1, -0.05) is 12.2 Å². The highest BCUT2D eigenvalue weighted by Crippen LogP contribution is 2.33. The Balaban J connectivity index is 2.59. The van der Waals surface area contributed by atoms with Crippen LogP contribution in [0.25, 0.3) is 0 Å². The van der Waals surface area contributed by atoms with E-state index in [1.807, 2.05) is 13.8 Å². The molecular weight excluding hydrogens is 176 g/mol. The summed E-state index contributed by atoms with van der Waals surface area (Å²) in [7, 11) is 0. The molecule has 14 heavy (non-hydrogen) atoms. The van der Waals surface area contributed by atoms with Gasteiger partial charge in [0.1, 0.15) is 0 Å². The summed E-state index contributed by atoms with van der Waals surface area (Å²) in [5.41, 5.74) is 0. The molecule has 82 valence electrons. The van der Waals surface area contributed by atoms with Crippen molar-refractivity contribution in [2.24, 2.45) is 5.92 Å². The van der Waals surface area contributed by atoms with E-state index in [1.165, 1.54) is 6.42 Å². The first-order chi connectivity index (χ1) is 6.73. The molecule has 1 rings (SSSR count). The second kappa shape index (κ2) is 5.52. The lowest BCUT2D eigenvalue weighted by Crippen LogP contribution is -2.41. The molecule has 0 spiro atoms. The Bertz CT molecular complexity index is 181. The first-order valence-corrected chi connectivity index (χ1v) is 5.65. The Labute approximate surface area is 87.3 Å². The summed E-state index contributed by atoms with van der Waals surface area (Å²) in [4.78, 5) is 0. The largest absolute Gasteiger partial charge is 0.350 e. The predicted molar refractivity (Wildman–Crippen MR) is 58.1 cm³/mol. The maximum Gasteiger partial charge on any atom is 0.168 e. The molecule has 1 aliphatic rings. The van der Waals surface area contributed by atoms with E-state index in [1.54, 1.807) is 0 Å². The van der Waals surface area contributed by atoms with Gasteiger partial charge in [-0.3, -0.25) is 0 Å². The fraction of sp³-hybridized carbons (Fsp3) is 0.833. The van der Waals surface area contributed by atoms with Crippen LogP contribution in [-0.4, -0.2) is 19.0 Å². The molecule has 0 amide bonds. The molecule has 0 N–H and O–H groups in total. The summed E-state index contributed by atoms with van der Waals surface area (Å²) in [6.07, 6.45) is 7.89. The Kier molecular flexibility index (Phi) is 4.63. The Hall–Kier alpha value is -0.340. The van der Waals surface area contributed by atoms with Gasteiger partial charge in [0.25, 0.3) is 0 Å². The number of hydrogen-bond donors (Lipinski definition) is 0. The SMILES string of the molecule is CCOC(C)(OCC)C1CC=CCC1. The number of hydrogen-bond acceptors (Lipinski definition) is 2. The molecule has 0 saturated heterocycles. The lowest BCUT2D eigenvalue weighted by Gasteiger charge is -2.37. The summed E-state index contributed by atoms with van der Waals surface area (Å²) >= 11 is 0. The van der Waals surface area contributed by atoms with Crippen LogP contribution in [0.5, 0.6) is 0 Å². The summed E-state index contributed by atoms with van der Waals surface area (Å²) < 4.78 is 11.5. The molecule has 0 saturated carbocycles. The molecule has 0 aliphatic heterocycles. The zero-order valence-electron chi connectivity index (χ0n) is 9.58. The van der Waals surface area contributed by atoms with Crippen LogP contribution in [0.4, 0.5) is 0 Å². The fourth-order valence-electron chi connectivity index (χ4n) is 2.12. The molecule has 1 aliphatic carbocycles. The van der Waals surface area contributed by atoms with Gasteiger partial charge >= 0.3 is 0 Å². The summed E-state index contributed by atoms with van der Waals surface area (Å²) in [5, 5.41) is 0. The third-order valence-electron chi connectivity index (χ3n) is 2.87. The molecule has 0 aromatic rings. The number of ether oxygens (including phenoxy) is 2. The minimum Gasteiger partial charge on any atom is -0.350 e. The third kappa shape index (κ3) is 2.82. The van der Waals surface area contributed by atoms with Crippen LogP contribution in [0.3, 0.4) is 0 Å². The van der Waals surface area contributed by atoms with Crippen LogP contribution >= 0.6 is 0 Å². The lowest BCUT2D eigenvalue weighted by atomic mass is 9.87. The third-order valence-corrected chi connectivity index (χ3v) is 2.87. The van der Waals surface area contributed by atoms with Crippen molar-refractivity contribution in [1.82, 2.24) is 0 Å². The molecule has 0 bridgehead atoms. The molecule has 0 fully saturated rings. The van der Waals surface area contributed by atoms with Gasteiger partial charge in [-0.2, -0.15) is 0 Å². The lowest BCUT2D eigenvalue weighted by molar-refractivity contribution is -0.252. The summed E-state index contributed by atoms with van der Waals surface area (Å²) in [5.74, 6) is 0.126. The fourth-order valence-corrected chi connectivity index (χ4v) is 2.12. The number of rotatable bonds is 5. The molecule has 1 atom stereocenters. The van der Waals surface area contributed by atoms with Crippen molar-refractivity contribution in [3.05, 3.63) is 12.2 Å². The summed E-state index contributed by atoms with van der Waals surface area (Å²) in [6, 6.07) is 0. The molecule has 0 aromatic carbocycles. The zero-order chi connectivity index (χ0) is 10.4. The first-order valence-electron chi connectivity index (χ1n) is 5.65.